The average molecular weight is 198 g/mol. The zero-order valence-electron chi connectivity index (χ0n) is 6.93. The zero-order valence-corrected chi connectivity index (χ0v) is 7.75. The number of aliphatic hydroxyl groups excluding tert-OH is 1. The van der Waals surface area contributed by atoms with Gasteiger partial charge in [0.25, 0.3) is 5.91 Å². The van der Waals surface area contributed by atoms with E-state index in [1.165, 1.54) is 11.3 Å². The van der Waals surface area contributed by atoms with Crippen molar-refractivity contribution in [2.45, 2.75) is 6.10 Å². The van der Waals surface area contributed by atoms with Crippen molar-refractivity contribution in [2.75, 3.05) is 18.8 Å². The number of hydrogen-bond donors (Lipinski definition) is 2. The molecule has 0 unspecified atom stereocenters. The summed E-state index contributed by atoms with van der Waals surface area (Å²) in [5.41, 5.74) is 6.12. The standard InChI is InChI=1S/C8H10N2O2S/c9-6-1-2-13-7(6)8(12)10-3-5(11)4-10/h1-2,5,11H,3-4,9H2. The first-order valence-electron chi connectivity index (χ1n) is 3.99. The lowest BCUT2D eigenvalue weighted by Crippen LogP contribution is -2.53. The highest BCUT2D eigenvalue weighted by molar-refractivity contribution is 7.12. The van der Waals surface area contributed by atoms with Crippen LogP contribution in [0.4, 0.5) is 5.69 Å². The molecular formula is C8H10N2O2S. The number of carbonyl (C=O) groups excluding carboxylic acids is 1. The normalized spacial score (nSPS) is 17.2. The Morgan fingerprint density at radius 2 is 2.38 bits per heavy atom. The fourth-order valence-electron chi connectivity index (χ4n) is 1.26. The van der Waals surface area contributed by atoms with Crippen molar-refractivity contribution in [1.82, 2.24) is 4.90 Å². The van der Waals surface area contributed by atoms with Crippen LogP contribution in [0.1, 0.15) is 9.67 Å². The lowest BCUT2D eigenvalue weighted by molar-refractivity contribution is 0.00629. The van der Waals surface area contributed by atoms with E-state index in [1.54, 1.807) is 16.3 Å². The summed E-state index contributed by atoms with van der Waals surface area (Å²) in [5.74, 6) is -0.0715. The number of likely N-dealkylation sites (tertiary alicyclic amines) is 1. The van der Waals surface area contributed by atoms with Gasteiger partial charge >= 0.3 is 0 Å². The molecule has 3 N–H and O–H groups in total. The molecule has 5 heteroatoms. The average Bonchev–Trinajstić information content (AvgIpc) is 2.44. The van der Waals surface area contributed by atoms with Crippen molar-refractivity contribution >= 4 is 22.9 Å². The van der Waals surface area contributed by atoms with Gasteiger partial charge in [-0.05, 0) is 11.4 Å². The Morgan fingerprint density at radius 1 is 1.69 bits per heavy atom. The van der Waals surface area contributed by atoms with Crippen molar-refractivity contribution < 1.29 is 9.90 Å². The Balaban J connectivity index is 2.10. The van der Waals surface area contributed by atoms with E-state index in [4.69, 9.17) is 10.8 Å². The summed E-state index contributed by atoms with van der Waals surface area (Å²) in [7, 11) is 0. The molecule has 1 fully saturated rings. The van der Waals surface area contributed by atoms with E-state index in [-0.39, 0.29) is 12.0 Å². The maximum atomic E-state index is 11.6. The van der Waals surface area contributed by atoms with E-state index < -0.39 is 0 Å². The van der Waals surface area contributed by atoms with Gasteiger partial charge in [0.05, 0.1) is 11.8 Å². The van der Waals surface area contributed by atoms with Crippen LogP contribution in [0.25, 0.3) is 0 Å². The van der Waals surface area contributed by atoms with E-state index in [0.717, 1.165) is 0 Å². The maximum absolute atomic E-state index is 11.6. The molecule has 2 rings (SSSR count). The minimum atomic E-state index is -0.356. The molecule has 4 nitrogen and oxygen atoms in total. The number of amides is 1. The fraction of sp³-hybridized carbons (Fsp3) is 0.375. The van der Waals surface area contributed by atoms with Crippen LogP contribution in [-0.2, 0) is 0 Å². The highest BCUT2D eigenvalue weighted by Crippen LogP contribution is 2.23. The molecule has 1 aliphatic rings. The van der Waals surface area contributed by atoms with Crippen LogP contribution in [0.15, 0.2) is 11.4 Å². The van der Waals surface area contributed by atoms with Crippen molar-refractivity contribution in [3.8, 4) is 0 Å². The van der Waals surface area contributed by atoms with Gasteiger partial charge in [0.15, 0.2) is 0 Å². The van der Waals surface area contributed by atoms with E-state index in [9.17, 15) is 4.79 Å². The molecule has 1 amide bonds. The van der Waals surface area contributed by atoms with Crippen molar-refractivity contribution in [3.05, 3.63) is 16.3 Å². The fourth-order valence-corrected chi connectivity index (χ4v) is 2.04. The topological polar surface area (TPSA) is 66.6 Å². The first-order valence-corrected chi connectivity index (χ1v) is 4.87. The molecule has 1 aliphatic heterocycles. The van der Waals surface area contributed by atoms with Crippen molar-refractivity contribution in [3.63, 3.8) is 0 Å². The van der Waals surface area contributed by atoms with E-state index >= 15 is 0 Å². The summed E-state index contributed by atoms with van der Waals surface area (Å²) in [6, 6.07) is 1.72. The van der Waals surface area contributed by atoms with Crippen LogP contribution in [0.3, 0.4) is 0 Å². The van der Waals surface area contributed by atoms with Crippen LogP contribution in [0.5, 0.6) is 0 Å². The maximum Gasteiger partial charge on any atom is 0.266 e. The summed E-state index contributed by atoms with van der Waals surface area (Å²) in [6.07, 6.45) is -0.356. The molecular weight excluding hydrogens is 188 g/mol. The molecule has 1 saturated heterocycles. The molecule has 0 aliphatic carbocycles. The predicted molar refractivity (Wildman–Crippen MR) is 50.6 cm³/mol. The third-order valence-corrected chi connectivity index (χ3v) is 2.96. The Bertz CT molecular complexity index is 331. The number of β-amino-alcohol motifs (C(OH)–C–C–N with tert-alkyl or cyclic N) is 1. The number of anilines is 1. The second kappa shape index (κ2) is 3.01. The van der Waals surface area contributed by atoms with Crippen molar-refractivity contribution in [1.29, 1.82) is 0 Å². The molecule has 2 heterocycles. The molecule has 0 radical (unpaired) electrons. The van der Waals surface area contributed by atoms with E-state index in [1.807, 2.05) is 0 Å². The number of thiophene rings is 1. The molecule has 13 heavy (non-hydrogen) atoms. The predicted octanol–water partition coefficient (Wildman–Crippen LogP) is 0.147. The number of nitrogens with zero attached hydrogens (tertiary/aromatic N) is 1. The Hall–Kier alpha value is -1.07. The molecule has 1 aromatic heterocycles. The van der Waals surface area contributed by atoms with Crippen LogP contribution < -0.4 is 5.73 Å². The first kappa shape index (κ1) is 8.52. The van der Waals surface area contributed by atoms with Gasteiger partial charge < -0.3 is 15.7 Å². The second-order valence-corrected chi connectivity index (χ2v) is 3.99. The zero-order chi connectivity index (χ0) is 9.42. The first-order chi connectivity index (χ1) is 6.18. The van der Waals surface area contributed by atoms with Gasteiger partial charge in [-0.1, -0.05) is 0 Å². The van der Waals surface area contributed by atoms with Gasteiger partial charge in [0.2, 0.25) is 0 Å². The second-order valence-electron chi connectivity index (χ2n) is 3.07. The van der Waals surface area contributed by atoms with Crippen LogP contribution >= 0.6 is 11.3 Å². The highest BCUT2D eigenvalue weighted by Gasteiger charge is 2.30. The Morgan fingerprint density at radius 3 is 2.85 bits per heavy atom. The number of rotatable bonds is 1. The van der Waals surface area contributed by atoms with Gasteiger partial charge in [0, 0.05) is 13.1 Å². The van der Waals surface area contributed by atoms with Crippen LogP contribution in [0, 0.1) is 0 Å². The molecule has 0 spiro atoms. The van der Waals surface area contributed by atoms with Gasteiger partial charge in [0.1, 0.15) is 4.88 Å². The quantitative estimate of drug-likeness (QED) is 0.675. The summed E-state index contributed by atoms with van der Waals surface area (Å²) >= 11 is 1.34. The van der Waals surface area contributed by atoms with Gasteiger partial charge in [-0.3, -0.25) is 4.79 Å². The third-order valence-electron chi connectivity index (χ3n) is 2.04. The summed E-state index contributed by atoms with van der Waals surface area (Å²) < 4.78 is 0. The lowest BCUT2D eigenvalue weighted by Gasteiger charge is -2.35. The highest BCUT2D eigenvalue weighted by atomic mass is 32.1. The van der Waals surface area contributed by atoms with Gasteiger partial charge in [-0.25, -0.2) is 0 Å². The molecule has 70 valence electrons. The summed E-state index contributed by atoms with van der Waals surface area (Å²) in [6.45, 7) is 0.854. The monoisotopic (exact) mass is 198 g/mol. The Kier molecular flexibility index (Phi) is 1.97. The van der Waals surface area contributed by atoms with Gasteiger partial charge in [-0.2, -0.15) is 0 Å². The van der Waals surface area contributed by atoms with Crippen LogP contribution in [-0.4, -0.2) is 35.1 Å². The minimum absolute atomic E-state index is 0.0715. The molecule has 0 atom stereocenters. The van der Waals surface area contributed by atoms with E-state index in [0.29, 0.717) is 23.7 Å². The number of nitrogens with two attached hydrogens (primary N) is 1. The van der Waals surface area contributed by atoms with Crippen molar-refractivity contribution in [2.24, 2.45) is 0 Å². The molecule has 0 saturated carbocycles. The summed E-state index contributed by atoms with van der Waals surface area (Å²) in [5, 5.41) is 10.8. The van der Waals surface area contributed by atoms with E-state index in [2.05, 4.69) is 0 Å². The number of carbonyl (C=O) groups is 1. The summed E-state index contributed by atoms with van der Waals surface area (Å²) in [4.78, 5) is 13.8. The third kappa shape index (κ3) is 1.40. The lowest BCUT2D eigenvalue weighted by atomic mass is 10.1. The number of nitrogen functional groups attached to an aromatic ring is 1. The molecule has 1 aromatic rings. The SMILES string of the molecule is Nc1ccsc1C(=O)N1CC(O)C1. The smallest absolute Gasteiger partial charge is 0.266 e. The molecule has 0 aromatic carbocycles. The van der Waals surface area contributed by atoms with Crippen LogP contribution in [0.2, 0.25) is 0 Å². The molecule has 0 bridgehead atoms. The number of hydrogen-bond acceptors (Lipinski definition) is 4. The van der Waals surface area contributed by atoms with Gasteiger partial charge in [-0.15, -0.1) is 11.3 Å². The Labute approximate surface area is 79.6 Å². The largest absolute Gasteiger partial charge is 0.397 e. The number of aliphatic hydroxyl groups is 1. The minimum Gasteiger partial charge on any atom is -0.397 e.